The number of anilines is 1. The number of aryl methyl sites for hydroxylation is 1. The maximum absolute atomic E-state index is 14.2. The molecule has 28 heavy (non-hydrogen) atoms. The number of hydrogen-bond donors (Lipinski definition) is 1. The topological polar surface area (TPSA) is 94.3 Å². The van der Waals surface area contributed by atoms with Gasteiger partial charge in [-0.3, -0.25) is 4.79 Å². The monoisotopic (exact) mass is 423 g/mol. The summed E-state index contributed by atoms with van der Waals surface area (Å²) < 4.78 is 24.2. The molecule has 3 rings (SSSR count). The third-order valence-corrected chi connectivity index (χ3v) is 4.13. The zero-order valence-electron chi connectivity index (χ0n) is 14.3. The number of hydrogen-bond acceptors (Lipinski definition) is 6. The largest absolute Gasteiger partial charge is 0.452 e. The quantitative estimate of drug-likeness (QED) is 0.615. The lowest BCUT2D eigenvalue weighted by atomic mass is 10.1. The molecule has 1 amide bonds. The van der Waals surface area contributed by atoms with Gasteiger partial charge in [-0.15, -0.1) is 0 Å². The Hall–Kier alpha value is -2.97. The second-order valence-corrected chi connectivity index (χ2v) is 6.39. The Morgan fingerprint density at radius 2 is 2.04 bits per heavy atom. The van der Waals surface area contributed by atoms with Gasteiger partial charge in [0.2, 0.25) is 0 Å². The van der Waals surface area contributed by atoms with E-state index < -0.39 is 24.3 Å². The van der Waals surface area contributed by atoms with Crippen molar-refractivity contribution in [2.75, 3.05) is 11.9 Å². The number of aromatic nitrogens is 2. The summed E-state index contributed by atoms with van der Waals surface area (Å²) in [6.45, 7) is 0.859. The number of rotatable bonds is 5. The first-order chi connectivity index (χ1) is 13.4. The minimum absolute atomic E-state index is 0.0499. The van der Waals surface area contributed by atoms with Crippen molar-refractivity contribution in [2.45, 2.75) is 6.92 Å². The van der Waals surface area contributed by atoms with Gasteiger partial charge in [0.1, 0.15) is 28.7 Å². The standard InChI is InChI=1S/C18H12Cl2FN3O4/c1-9-15(17(24-28-9)16-11(20)3-2-4-12(16)21)18(26)27-8-14(25)23-13-6-5-10(19)7-22-13/h2-7H,8H2,1H3,(H,22,23,25). The van der Waals surface area contributed by atoms with Crippen molar-refractivity contribution in [3.8, 4) is 11.3 Å². The van der Waals surface area contributed by atoms with Gasteiger partial charge in [0, 0.05) is 6.20 Å². The molecule has 10 heteroatoms. The van der Waals surface area contributed by atoms with Crippen molar-refractivity contribution >= 4 is 40.9 Å². The average molecular weight is 424 g/mol. The van der Waals surface area contributed by atoms with Crippen LogP contribution in [0.15, 0.2) is 41.1 Å². The molecule has 0 aliphatic rings. The Morgan fingerprint density at radius 1 is 1.25 bits per heavy atom. The number of carbonyl (C=O) groups is 2. The number of ether oxygens (including phenoxy) is 1. The molecule has 2 aromatic heterocycles. The van der Waals surface area contributed by atoms with Crippen LogP contribution in [0, 0.1) is 12.7 Å². The van der Waals surface area contributed by atoms with E-state index in [-0.39, 0.29) is 33.4 Å². The predicted octanol–water partition coefficient (Wildman–Crippen LogP) is 4.29. The van der Waals surface area contributed by atoms with Crippen molar-refractivity contribution in [1.29, 1.82) is 0 Å². The predicted molar refractivity (Wildman–Crippen MR) is 99.8 cm³/mol. The van der Waals surface area contributed by atoms with Crippen LogP contribution in [0.5, 0.6) is 0 Å². The fraction of sp³-hybridized carbons (Fsp3) is 0.111. The van der Waals surface area contributed by atoms with E-state index in [0.29, 0.717) is 5.02 Å². The summed E-state index contributed by atoms with van der Waals surface area (Å²) >= 11 is 11.7. The maximum atomic E-state index is 14.2. The average Bonchev–Trinajstić information content (AvgIpc) is 3.03. The molecule has 1 aromatic carbocycles. The van der Waals surface area contributed by atoms with Crippen LogP contribution in [0.1, 0.15) is 16.1 Å². The van der Waals surface area contributed by atoms with Crippen LogP contribution in [0.2, 0.25) is 10.0 Å². The Balaban J connectivity index is 1.74. The Kier molecular flexibility index (Phi) is 5.91. The number of nitrogens with one attached hydrogen (secondary N) is 1. The smallest absolute Gasteiger partial charge is 0.344 e. The summed E-state index contributed by atoms with van der Waals surface area (Å²) in [5, 5.41) is 6.61. The van der Waals surface area contributed by atoms with Crippen molar-refractivity contribution in [3.05, 3.63) is 63.7 Å². The van der Waals surface area contributed by atoms with Crippen molar-refractivity contribution < 1.29 is 23.2 Å². The number of halogens is 3. The summed E-state index contributed by atoms with van der Waals surface area (Å²) in [7, 11) is 0. The molecule has 7 nitrogen and oxygen atoms in total. The first-order valence-corrected chi connectivity index (χ1v) is 8.61. The Morgan fingerprint density at radius 3 is 2.71 bits per heavy atom. The van der Waals surface area contributed by atoms with Crippen LogP contribution in [-0.2, 0) is 9.53 Å². The molecule has 1 N–H and O–H groups in total. The van der Waals surface area contributed by atoms with Gasteiger partial charge in [-0.25, -0.2) is 14.2 Å². The van der Waals surface area contributed by atoms with Gasteiger partial charge < -0.3 is 14.6 Å². The lowest BCUT2D eigenvalue weighted by molar-refractivity contribution is -0.119. The number of benzene rings is 1. The number of carbonyl (C=O) groups excluding carboxylic acids is 2. The van der Waals surface area contributed by atoms with Gasteiger partial charge in [0.15, 0.2) is 6.61 Å². The van der Waals surface area contributed by atoms with E-state index in [9.17, 15) is 14.0 Å². The van der Waals surface area contributed by atoms with Crippen LogP contribution in [0.25, 0.3) is 11.3 Å². The highest BCUT2D eigenvalue weighted by Gasteiger charge is 2.27. The van der Waals surface area contributed by atoms with Crippen LogP contribution in [-0.4, -0.2) is 28.6 Å². The molecule has 3 aromatic rings. The van der Waals surface area contributed by atoms with Crippen molar-refractivity contribution in [3.63, 3.8) is 0 Å². The van der Waals surface area contributed by atoms with Gasteiger partial charge in [0.25, 0.3) is 5.91 Å². The molecule has 0 atom stereocenters. The van der Waals surface area contributed by atoms with E-state index in [1.165, 1.54) is 37.4 Å². The number of nitrogens with zero attached hydrogens (tertiary/aromatic N) is 2. The van der Waals surface area contributed by atoms with Crippen LogP contribution >= 0.6 is 23.2 Å². The molecule has 0 aliphatic heterocycles. The maximum Gasteiger partial charge on any atom is 0.344 e. The number of pyridine rings is 1. The molecular formula is C18H12Cl2FN3O4. The summed E-state index contributed by atoms with van der Waals surface area (Å²) in [6, 6.07) is 7.07. The lowest BCUT2D eigenvalue weighted by Crippen LogP contribution is -2.21. The highest BCUT2D eigenvalue weighted by atomic mass is 35.5. The summed E-state index contributed by atoms with van der Waals surface area (Å²) in [5.74, 6) is -1.87. The Labute approximate surface area is 168 Å². The molecule has 0 saturated heterocycles. The fourth-order valence-electron chi connectivity index (χ4n) is 2.34. The highest BCUT2D eigenvalue weighted by Crippen LogP contribution is 2.33. The zero-order chi connectivity index (χ0) is 20.3. The van der Waals surface area contributed by atoms with Gasteiger partial charge in [0.05, 0.1) is 15.6 Å². The van der Waals surface area contributed by atoms with Crippen molar-refractivity contribution in [1.82, 2.24) is 10.1 Å². The lowest BCUT2D eigenvalue weighted by Gasteiger charge is -2.07. The molecule has 2 heterocycles. The number of esters is 1. The first-order valence-electron chi connectivity index (χ1n) is 7.86. The fourth-order valence-corrected chi connectivity index (χ4v) is 2.70. The van der Waals surface area contributed by atoms with Gasteiger partial charge in [-0.05, 0) is 31.2 Å². The van der Waals surface area contributed by atoms with E-state index in [2.05, 4.69) is 15.5 Å². The minimum atomic E-state index is -0.910. The molecule has 0 bridgehead atoms. The van der Waals surface area contributed by atoms with E-state index in [4.69, 9.17) is 32.5 Å². The molecular weight excluding hydrogens is 412 g/mol. The summed E-state index contributed by atoms with van der Waals surface area (Å²) in [5.41, 5.74) is -0.322. The van der Waals surface area contributed by atoms with Gasteiger partial charge >= 0.3 is 5.97 Å². The van der Waals surface area contributed by atoms with Crippen LogP contribution < -0.4 is 5.32 Å². The zero-order valence-corrected chi connectivity index (χ0v) is 15.8. The highest BCUT2D eigenvalue weighted by molar-refractivity contribution is 6.33. The normalized spacial score (nSPS) is 10.6. The van der Waals surface area contributed by atoms with Gasteiger partial charge in [-0.1, -0.05) is 34.4 Å². The second kappa shape index (κ2) is 8.37. The molecule has 0 fully saturated rings. The summed E-state index contributed by atoms with van der Waals surface area (Å²) in [4.78, 5) is 28.3. The van der Waals surface area contributed by atoms with E-state index in [0.717, 1.165) is 0 Å². The summed E-state index contributed by atoms with van der Waals surface area (Å²) in [6.07, 6.45) is 1.36. The molecule has 0 radical (unpaired) electrons. The molecule has 0 unspecified atom stereocenters. The minimum Gasteiger partial charge on any atom is -0.452 e. The third kappa shape index (κ3) is 4.29. The van der Waals surface area contributed by atoms with E-state index in [1.807, 2.05) is 0 Å². The third-order valence-electron chi connectivity index (χ3n) is 3.60. The second-order valence-electron chi connectivity index (χ2n) is 5.54. The SMILES string of the molecule is Cc1onc(-c2c(F)cccc2Cl)c1C(=O)OCC(=O)Nc1ccc(Cl)cn1. The molecule has 144 valence electrons. The molecule has 0 saturated carbocycles. The number of amides is 1. The van der Waals surface area contributed by atoms with Crippen LogP contribution in [0.4, 0.5) is 10.2 Å². The molecule has 0 aliphatic carbocycles. The Bertz CT molecular complexity index is 1020. The van der Waals surface area contributed by atoms with Gasteiger partial charge in [-0.2, -0.15) is 0 Å². The first kappa shape index (κ1) is 19.8. The molecule has 0 spiro atoms. The van der Waals surface area contributed by atoms with Crippen molar-refractivity contribution in [2.24, 2.45) is 0 Å². The van der Waals surface area contributed by atoms with E-state index >= 15 is 0 Å². The van der Waals surface area contributed by atoms with E-state index in [1.54, 1.807) is 6.07 Å². The van der Waals surface area contributed by atoms with Crippen LogP contribution in [0.3, 0.4) is 0 Å².